The summed E-state index contributed by atoms with van der Waals surface area (Å²) in [5, 5.41) is 5.75. The summed E-state index contributed by atoms with van der Waals surface area (Å²) in [6, 6.07) is 14.3. The molecular weight excluding hydrogens is 333 g/mol. The molecule has 0 fully saturated rings. The number of carbonyl (C=O) groups excluding carboxylic acids is 1. The highest BCUT2D eigenvalue weighted by Crippen LogP contribution is 2.24. The topological polar surface area (TPSA) is 60.9 Å². The van der Waals surface area contributed by atoms with Crippen molar-refractivity contribution in [2.75, 3.05) is 0 Å². The number of rotatable bonds is 4. The Morgan fingerprint density at radius 2 is 1.91 bits per heavy atom. The minimum Gasteiger partial charge on any atom is -0.366 e. The fourth-order valence-electron chi connectivity index (χ4n) is 2.35. The first-order valence-corrected chi connectivity index (χ1v) is 7.67. The summed E-state index contributed by atoms with van der Waals surface area (Å²) in [6.07, 6.45) is 1.82. The third-order valence-electron chi connectivity index (χ3n) is 3.45. The quantitative estimate of drug-likeness (QED) is 0.776. The van der Waals surface area contributed by atoms with E-state index in [1.807, 2.05) is 30.5 Å². The fraction of sp³-hybridized carbons (Fsp3) is 0.0588. The summed E-state index contributed by atoms with van der Waals surface area (Å²) >= 11 is 12.2. The number of carbonyl (C=O) groups is 1. The van der Waals surface area contributed by atoms with Gasteiger partial charge in [0.15, 0.2) is 0 Å². The monoisotopic (exact) mass is 345 g/mol. The Bertz CT molecular complexity index is 874. The Kier molecular flexibility index (Phi) is 4.37. The molecule has 23 heavy (non-hydrogen) atoms. The van der Waals surface area contributed by atoms with Gasteiger partial charge < -0.3 is 5.73 Å². The molecule has 0 radical (unpaired) electrons. The smallest absolute Gasteiger partial charge is 0.249 e. The van der Waals surface area contributed by atoms with E-state index in [4.69, 9.17) is 28.9 Å². The number of hydrogen-bond acceptors (Lipinski definition) is 2. The average molecular weight is 346 g/mol. The Labute approximate surface area is 143 Å². The molecule has 0 spiro atoms. The molecule has 2 N–H and O–H groups in total. The van der Waals surface area contributed by atoms with Crippen LogP contribution in [0.3, 0.4) is 0 Å². The van der Waals surface area contributed by atoms with Crippen molar-refractivity contribution in [2.45, 2.75) is 6.54 Å². The minimum atomic E-state index is -0.479. The summed E-state index contributed by atoms with van der Waals surface area (Å²) in [4.78, 5) is 11.5. The second kappa shape index (κ2) is 6.44. The number of amides is 1. The van der Waals surface area contributed by atoms with Crippen molar-refractivity contribution in [3.8, 4) is 11.3 Å². The molecule has 0 atom stereocenters. The predicted octanol–water partition coefficient (Wildman–Crippen LogP) is 4.00. The standard InChI is InChI=1S/C17H13Cl2N3O/c18-12-5-6-15(19)11(9-12)10-22-8-7-16(21-22)13-3-1-2-4-14(13)17(20)23/h1-9H,10H2,(H2,20,23). The molecule has 1 amide bonds. The number of halogens is 2. The van der Waals surface area contributed by atoms with Crippen molar-refractivity contribution in [1.82, 2.24) is 9.78 Å². The number of aromatic nitrogens is 2. The lowest BCUT2D eigenvalue weighted by Crippen LogP contribution is -2.12. The first-order valence-electron chi connectivity index (χ1n) is 6.91. The van der Waals surface area contributed by atoms with E-state index in [0.29, 0.717) is 33.4 Å². The van der Waals surface area contributed by atoms with Gasteiger partial charge in [0.1, 0.15) is 0 Å². The van der Waals surface area contributed by atoms with Crippen molar-refractivity contribution >= 4 is 29.1 Å². The molecule has 0 saturated heterocycles. The van der Waals surface area contributed by atoms with E-state index in [2.05, 4.69) is 5.10 Å². The molecule has 0 aliphatic carbocycles. The van der Waals surface area contributed by atoms with Gasteiger partial charge in [-0.2, -0.15) is 5.10 Å². The molecule has 2 aromatic carbocycles. The van der Waals surface area contributed by atoms with Crippen molar-refractivity contribution in [1.29, 1.82) is 0 Å². The van der Waals surface area contributed by atoms with Gasteiger partial charge in [-0.25, -0.2) is 0 Å². The summed E-state index contributed by atoms with van der Waals surface area (Å²) in [6.45, 7) is 0.484. The van der Waals surface area contributed by atoms with Crippen molar-refractivity contribution in [3.63, 3.8) is 0 Å². The van der Waals surface area contributed by atoms with Crippen LogP contribution in [0.5, 0.6) is 0 Å². The van der Waals surface area contributed by atoms with Crippen LogP contribution in [0.4, 0.5) is 0 Å². The summed E-state index contributed by atoms with van der Waals surface area (Å²) in [5.41, 5.74) is 8.11. The molecule has 1 aromatic heterocycles. The molecule has 0 bridgehead atoms. The third-order valence-corrected chi connectivity index (χ3v) is 4.05. The zero-order valence-corrected chi connectivity index (χ0v) is 13.6. The van der Waals surface area contributed by atoms with Crippen LogP contribution in [-0.4, -0.2) is 15.7 Å². The van der Waals surface area contributed by atoms with Crippen LogP contribution in [0.1, 0.15) is 15.9 Å². The molecule has 6 heteroatoms. The largest absolute Gasteiger partial charge is 0.366 e. The van der Waals surface area contributed by atoms with Gasteiger partial charge in [0.2, 0.25) is 5.91 Å². The van der Waals surface area contributed by atoms with E-state index in [0.717, 1.165) is 5.56 Å². The molecule has 4 nitrogen and oxygen atoms in total. The lowest BCUT2D eigenvalue weighted by molar-refractivity contribution is 0.100. The Morgan fingerprint density at radius 3 is 2.70 bits per heavy atom. The van der Waals surface area contributed by atoms with Crippen molar-refractivity contribution < 1.29 is 4.79 Å². The molecule has 1 heterocycles. The van der Waals surface area contributed by atoms with E-state index in [1.54, 1.807) is 28.9 Å². The molecule has 116 valence electrons. The second-order valence-electron chi connectivity index (χ2n) is 5.04. The van der Waals surface area contributed by atoms with Gasteiger partial charge in [-0.1, -0.05) is 41.4 Å². The van der Waals surface area contributed by atoms with Crippen LogP contribution in [0, 0.1) is 0 Å². The van der Waals surface area contributed by atoms with E-state index < -0.39 is 5.91 Å². The van der Waals surface area contributed by atoms with Crippen LogP contribution < -0.4 is 5.73 Å². The maximum absolute atomic E-state index is 11.5. The lowest BCUT2D eigenvalue weighted by Gasteiger charge is -2.06. The van der Waals surface area contributed by atoms with Gasteiger partial charge in [0.05, 0.1) is 12.2 Å². The lowest BCUT2D eigenvalue weighted by atomic mass is 10.0. The van der Waals surface area contributed by atoms with Gasteiger partial charge >= 0.3 is 0 Å². The second-order valence-corrected chi connectivity index (χ2v) is 5.89. The van der Waals surface area contributed by atoms with Crippen LogP contribution in [-0.2, 0) is 6.54 Å². The van der Waals surface area contributed by atoms with Crippen LogP contribution in [0.25, 0.3) is 11.3 Å². The third kappa shape index (κ3) is 3.38. The van der Waals surface area contributed by atoms with E-state index in [-0.39, 0.29) is 0 Å². The first kappa shape index (κ1) is 15.6. The number of hydrogen-bond donors (Lipinski definition) is 1. The van der Waals surface area contributed by atoms with Gasteiger partial charge in [0.25, 0.3) is 0 Å². The minimum absolute atomic E-state index is 0.443. The Morgan fingerprint density at radius 1 is 1.13 bits per heavy atom. The van der Waals surface area contributed by atoms with E-state index in [1.165, 1.54) is 0 Å². The predicted molar refractivity (Wildman–Crippen MR) is 91.7 cm³/mol. The van der Waals surface area contributed by atoms with Gasteiger partial charge in [-0.3, -0.25) is 9.48 Å². The highest BCUT2D eigenvalue weighted by molar-refractivity contribution is 6.33. The number of primary amides is 1. The SMILES string of the molecule is NC(=O)c1ccccc1-c1ccn(Cc2cc(Cl)ccc2Cl)n1. The molecule has 0 aliphatic heterocycles. The van der Waals surface area contributed by atoms with Crippen LogP contribution in [0.2, 0.25) is 10.0 Å². The molecule has 3 aromatic rings. The molecule has 0 saturated carbocycles. The Balaban J connectivity index is 1.92. The van der Waals surface area contributed by atoms with E-state index in [9.17, 15) is 4.79 Å². The number of nitrogens with zero attached hydrogens (tertiary/aromatic N) is 2. The van der Waals surface area contributed by atoms with Gasteiger partial charge in [-0.05, 0) is 35.9 Å². The maximum Gasteiger partial charge on any atom is 0.249 e. The zero-order valence-electron chi connectivity index (χ0n) is 12.0. The highest BCUT2D eigenvalue weighted by atomic mass is 35.5. The summed E-state index contributed by atoms with van der Waals surface area (Å²) < 4.78 is 1.74. The molecule has 0 aliphatic rings. The van der Waals surface area contributed by atoms with Gasteiger partial charge in [-0.15, -0.1) is 0 Å². The van der Waals surface area contributed by atoms with Crippen molar-refractivity contribution in [2.24, 2.45) is 5.73 Å². The van der Waals surface area contributed by atoms with Crippen LogP contribution >= 0.6 is 23.2 Å². The number of benzene rings is 2. The normalized spacial score (nSPS) is 10.7. The molecule has 3 rings (SSSR count). The van der Waals surface area contributed by atoms with E-state index >= 15 is 0 Å². The first-order chi connectivity index (χ1) is 11.0. The summed E-state index contributed by atoms with van der Waals surface area (Å²) in [5.74, 6) is -0.479. The maximum atomic E-state index is 11.5. The zero-order chi connectivity index (χ0) is 16.4. The van der Waals surface area contributed by atoms with Crippen LogP contribution in [0.15, 0.2) is 54.7 Å². The molecular formula is C17H13Cl2N3O. The summed E-state index contributed by atoms with van der Waals surface area (Å²) in [7, 11) is 0. The van der Waals surface area contributed by atoms with Crippen molar-refractivity contribution in [3.05, 3.63) is 75.9 Å². The average Bonchev–Trinajstić information content (AvgIpc) is 2.99. The highest BCUT2D eigenvalue weighted by Gasteiger charge is 2.12. The fourth-order valence-corrected chi connectivity index (χ4v) is 2.73. The molecule has 0 unspecified atom stereocenters. The Hall–Kier alpha value is -2.30. The van der Waals surface area contributed by atoms with Gasteiger partial charge in [0, 0.05) is 27.4 Å². The number of nitrogens with two attached hydrogens (primary N) is 1.